The molecule has 16 heavy (non-hydrogen) atoms. The normalized spacial score (nSPS) is 9.88. The van der Waals surface area contributed by atoms with Gasteiger partial charge in [0.1, 0.15) is 11.6 Å². The minimum atomic E-state index is -0.555. The Morgan fingerprint density at radius 3 is 2.88 bits per heavy atom. The van der Waals surface area contributed by atoms with Gasteiger partial charge in [-0.3, -0.25) is 0 Å². The Balaban J connectivity index is 2.55. The van der Waals surface area contributed by atoms with Crippen molar-refractivity contribution in [2.45, 2.75) is 26.2 Å². The fourth-order valence-corrected chi connectivity index (χ4v) is 1.23. The van der Waals surface area contributed by atoms with Crippen LogP contribution in [0.2, 0.25) is 0 Å². The van der Waals surface area contributed by atoms with E-state index in [9.17, 15) is 9.18 Å². The van der Waals surface area contributed by atoms with Crippen LogP contribution in [0.1, 0.15) is 36.5 Å². The summed E-state index contributed by atoms with van der Waals surface area (Å²) in [5.41, 5.74) is 0.206. The van der Waals surface area contributed by atoms with Crippen LogP contribution < -0.4 is 0 Å². The third-order valence-corrected chi connectivity index (χ3v) is 2.11. The predicted octanol–water partition coefficient (Wildman–Crippen LogP) is 3.69. The van der Waals surface area contributed by atoms with E-state index >= 15 is 0 Å². The maximum absolute atomic E-state index is 12.8. The summed E-state index contributed by atoms with van der Waals surface area (Å²) < 4.78 is 17.8. The second-order valence-corrected chi connectivity index (χ2v) is 3.54. The fraction of sp³-hybridized carbons (Fsp3) is 0.308. The first-order chi connectivity index (χ1) is 7.63. The zero-order valence-corrected chi connectivity index (χ0v) is 9.33. The first kappa shape index (κ1) is 12.4. The lowest BCUT2D eigenvalue weighted by molar-refractivity contribution is 0.0614. The van der Waals surface area contributed by atoms with Gasteiger partial charge in [-0.05, 0) is 24.6 Å². The molecule has 86 valence electrons. The van der Waals surface area contributed by atoms with Gasteiger partial charge in [-0.2, -0.15) is 0 Å². The average molecular weight is 222 g/mol. The SMILES string of the molecule is C=C(CCCC)OC(=O)c1cccc(F)c1. The lowest BCUT2D eigenvalue weighted by Crippen LogP contribution is -2.04. The van der Waals surface area contributed by atoms with Crippen LogP contribution in [0.5, 0.6) is 0 Å². The molecule has 0 aliphatic heterocycles. The van der Waals surface area contributed by atoms with E-state index in [-0.39, 0.29) is 5.56 Å². The molecule has 0 radical (unpaired) electrons. The molecule has 0 saturated heterocycles. The smallest absolute Gasteiger partial charge is 0.343 e. The van der Waals surface area contributed by atoms with Crippen LogP contribution in [-0.4, -0.2) is 5.97 Å². The van der Waals surface area contributed by atoms with Crippen molar-refractivity contribution < 1.29 is 13.9 Å². The minimum absolute atomic E-state index is 0.206. The summed E-state index contributed by atoms with van der Waals surface area (Å²) in [6.07, 6.45) is 2.59. The molecule has 0 spiro atoms. The molecule has 0 aliphatic carbocycles. The van der Waals surface area contributed by atoms with E-state index in [0.29, 0.717) is 12.2 Å². The molecule has 0 heterocycles. The number of hydrogen-bond donors (Lipinski definition) is 0. The molecular weight excluding hydrogens is 207 g/mol. The zero-order valence-electron chi connectivity index (χ0n) is 9.33. The van der Waals surface area contributed by atoms with Crippen LogP contribution in [0, 0.1) is 5.82 Å². The molecule has 3 heteroatoms. The maximum atomic E-state index is 12.8. The molecule has 0 N–H and O–H groups in total. The van der Waals surface area contributed by atoms with Crippen LogP contribution in [0.3, 0.4) is 0 Å². The lowest BCUT2D eigenvalue weighted by atomic mass is 10.2. The van der Waals surface area contributed by atoms with Crippen molar-refractivity contribution in [1.29, 1.82) is 0 Å². The number of rotatable bonds is 5. The first-order valence-corrected chi connectivity index (χ1v) is 5.29. The number of allylic oxidation sites excluding steroid dienone is 1. The highest BCUT2D eigenvalue weighted by Gasteiger charge is 2.09. The van der Waals surface area contributed by atoms with Crippen molar-refractivity contribution >= 4 is 5.97 Å². The van der Waals surface area contributed by atoms with Gasteiger partial charge >= 0.3 is 5.97 Å². The van der Waals surface area contributed by atoms with Gasteiger partial charge in [0.05, 0.1) is 5.56 Å². The van der Waals surface area contributed by atoms with E-state index in [2.05, 4.69) is 6.58 Å². The van der Waals surface area contributed by atoms with Gasteiger partial charge in [0.15, 0.2) is 0 Å². The third-order valence-electron chi connectivity index (χ3n) is 2.11. The van der Waals surface area contributed by atoms with Gasteiger partial charge in [0.2, 0.25) is 0 Å². The summed E-state index contributed by atoms with van der Waals surface area (Å²) in [5.74, 6) is -0.578. The van der Waals surface area contributed by atoms with Crippen LogP contribution in [0.4, 0.5) is 4.39 Å². The van der Waals surface area contributed by atoms with E-state index in [4.69, 9.17) is 4.74 Å². The van der Waals surface area contributed by atoms with Crippen LogP contribution in [0.15, 0.2) is 36.6 Å². The number of esters is 1. The monoisotopic (exact) mass is 222 g/mol. The zero-order chi connectivity index (χ0) is 12.0. The molecule has 0 saturated carbocycles. The number of ether oxygens (including phenoxy) is 1. The highest BCUT2D eigenvalue weighted by Crippen LogP contribution is 2.11. The Kier molecular flexibility index (Phi) is 4.70. The van der Waals surface area contributed by atoms with Gasteiger partial charge < -0.3 is 4.74 Å². The van der Waals surface area contributed by atoms with E-state index in [1.165, 1.54) is 18.2 Å². The fourth-order valence-electron chi connectivity index (χ4n) is 1.23. The van der Waals surface area contributed by atoms with Gasteiger partial charge in [-0.25, -0.2) is 9.18 Å². The first-order valence-electron chi connectivity index (χ1n) is 5.29. The Morgan fingerprint density at radius 1 is 1.50 bits per heavy atom. The highest BCUT2D eigenvalue weighted by molar-refractivity contribution is 5.89. The van der Waals surface area contributed by atoms with Gasteiger partial charge in [0, 0.05) is 6.42 Å². The molecule has 0 fully saturated rings. The summed E-state index contributed by atoms with van der Waals surface area (Å²) in [7, 11) is 0. The molecular formula is C13H15FO2. The Morgan fingerprint density at radius 2 is 2.25 bits per heavy atom. The second kappa shape index (κ2) is 6.05. The van der Waals surface area contributed by atoms with Gasteiger partial charge in [-0.15, -0.1) is 0 Å². The van der Waals surface area contributed by atoms with Crippen molar-refractivity contribution in [3.8, 4) is 0 Å². The highest BCUT2D eigenvalue weighted by atomic mass is 19.1. The summed E-state index contributed by atoms with van der Waals surface area (Å²) >= 11 is 0. The largest absolute Gasteiger partial charge is 0.428 e. The molecule has 0 aromatic heterocycles. The number of unbranched alkanes of at least 4 members (excludes halogenated alkanes) is 1. The van der Waals surface area contributed by atoms with Gasteiger partial charge in [-0.1, -0.05) is 26.0 Å². The second-order valence-electron chi connectivity index (χ2n) is 3.54. The molecule has 0 amide bonds. The number of carbonyl (C=O) groups excluding carboxylic acids is 1. The Bertz CT molecular complexity index is 385. The Hall–Kier alpha value is -1.64. The molecule has 0 aliphatic rings. The van der Waals surface area contributed by atoms with Crippen LogP contribution >= 0.6 is 0 Å². The summed E-state index contributed by atoms with van der Waals surface area (Å²) in [4.78, 5) is 11.5. The van der Waals surface area contributed by atoms with Crippen molar-refractivity contribution in [3.63, 3.8) is 0 Å². The number of benzene rings is 1. The maximum Gasteiger partial charge on any atom is 0.343 e. The Labute approximate surface area is 94.7 Å². The van der Waals surface area contributed by atoms with Crippen LogP contribution in [-0.2, 0) is 4.74 Å². The average Bonchev–Trinajstić information content (AvgIpc) is 2.26. The molecule has 2 nitrogen and oxygen atoms in total. The number of carbonyl (C=O) groups is 1. The topological polar surface area (TPSA) is 26.3 Å². The van der Waals surface area contributed by atoms with E-state index in [1.807, 2.05) is 6.92 Å². The summed E-state index contributed by atoms with van der Waals surface area (Å²) in [5, 5.41) is 0. The van der Waals surface area contributed by atoms with Crippen molar-refractivity contribution in [1.82, 2.24) is 0 Å². The lowest BCUT2D eigenvalue weighted by Gasteiger charge is -2.06. The standard InChI is InChI=1S/C13H15FO2/c1-3-4-6-10(2)16-13(15)11-7-5-8-12(14)9-11/h5,7-9H,2-4,6H2,1H3. The van der Waals surface area contributed by atoms with E-state index in [0.717, 1.165) is 18.9 Å². The quantitative estimate of drug-likeness (QED) is 0.561. The minimum Gasteiger partial charge on any atom is -0.428 e. The number of halogens is 1. The molecule has 0 unspecified atom stereocenters. The molecule has 1 aromatic carbocycles. The molecule has 1 aromatic rings. The number of hydrogen-bond acceptors (Lipinski definition) is 2. The van der Waals surface area contributed by atoms with E-state index < -0.39 is 11.8 Å². The molecule has 0 bridgehead atoms. The van der Waals surface area contributed by atoms with Crippen LogP contribution in [0.25, 0.3) is 0 Å². The third kappa shape index (κ3) is 3.85. The molecule has 1 rings (SSSR count). The van der Waals surface area contributed by atoms with Crippen molar-refractivity contribution in [2.24, 2.45) is 0 Å². The van der Waals surface area contributed by atoms with Crippen molar-refractivity contribution in [3.05, 3.63) is 48.0 Å². The predicted molar refractivity (Wildman–Crippen MR) is 60.5 cm³/mol. The molecule has 0 atom stereocenters. The van der Waals surface area contributed by atoms with E-state index in [1.54, 1.807) is 0 Å². The summed E-state index contributed by atoms with van der Waals surface area (Å²) in [6, 6.07) is 5.41. The summed E-state index contributed by atoms with van der Waals surface area (Å²) in [6.45, 7) is 5.69. The van der Waals surface area contributed by atoms with Crippen molar-refractivity contribution in [2.75, 3.05) is 0 Å². The van der Waals surface area contributed by atoms with Gasteiger partial charge in [0.25, 0.3) is 0 Å².